The van der Waals surface area contributed by atoms with Gasteiger partial charge in [0.2, 0.25) is 0 Å². The van der Waals surface area contributed by atoms with E-state index < -0.39 is 0 Å². The first-order valence-electron chi connectivity index (χ1n) is 9.65. The summed E-state index contributed by atoms with van der Waals surface area (Å²) in [5.74, 6) is 0. The van der Waals surface area contributed by atoms with Gasteiger partial charge in [-0.3, -0.25) is 0 Å². The molecule has 32 heavy (non-hydrogen) atoms. The molecule has 0 aliphatic heterocycles. The van der Waals surface area contributed by atoms with E-state index in [2.05, 4.69) is 47.4 Å². The maximum Gasteiger partial charge on any atom is 0.136 e. The minimum atomic E-state index is 0.413. The lowest BCUT2D eigenvalue weighted by atomic mass is 10.1. The van der Waals surface area contributed by atoms with Crippen LogP contribution in [0.4, 0.5) is 17.1 Å². The molecule has 3 aromatic carbocycles. The molecule has 168 valence electrons. The van der Waals surface area contributed by atoms with Gasteiger partial charge in [-0.2, -0.15) is 0 Å². The quantitative estimate of drug-likeness (QED) is 0.297. The average molecular weight is 563 g/mol. The molecule has 0 radical (unpaired) electrons. The van der Waals surface area contributed by atoms with Crippen molar-refractivity contribution in [3.05, 3.63) is 99.5 Å². The van der Waals surface area contributed by atoms with E-state index in [4.69, 9.17) is 0 Å². The molecule has 6 nitrogen and oxygen atoms in total. The van der Waals surface area contributed by atoms with Crippen LogP contribution in [0.25, 0.3) is 0 Å². The second kappa shape index (κ2) is 13.1. The predicted molar refractivity (Wildman–Crippen MR) is 140 cm³/mol. The van der Waals surface area contributed by atoms with E-state index in [-0.39, 0.29) is 0 Å². The fraction of sp³-hybridized carbons (Fsp3) is 0.250. The van der Waals surface area contributed by atoms with Gasteiger partial charge in [0.25, 0.3) is 0 Å². The Morgan fingerprint density at radius 2 is 0.875 bits per heavy atom. The van der Waals surface area contributed by atoms with Crippen LogP contribution >= 0.6 is 31.9 Å². The largest absolute Gasteiger partial charge is 0.145 e. The fourth-order valence-electron chi connectivity index (χ4n) is 3.05. The summed E-state index contributed by atoms with van der Waals surface area (Å²) in [6.07, 6.45) is 0. The van der Waals surface area contributed by atoms with Gasteiger partial charge in [-0.25, -0.2) is 0 Å². The van der Waals surface area contributed by atoms with E-state index in [1.165, 1.54) is 5.56 Å². The first kappa shape index (κ1) is 27.5. The molecule has 0 bridgehead atoms. The Labute approximate surface area is 205 Å². The normalized spacial score (nSPS) is 9.62. The zero-order chi connectivity index (χ0) is 24.4. The predicted octanol–water partition coefficient (Wildman–Crippen LogP) is 9.63. The Bertz CT molecular complexity index is 1000. The van der Waals surface area contributed by atoms with E-state index in [0.717, 1.165) is 36.8 Å². The van der Waals surface area contributed by atoms with Gasteiger partial charge in [-0.1, -0.05) is 35.9 Å². The molecule has 0 unspecified atom stereocenters. The lowest BCUT2D eigenvalue weighted by Gasteiger charge is -2.02. The van der Waals surface area contributed by atoms with E-state index in [1.807, 2.05) is 84.0 Å². The molecule has 0 atom stereocenters. The monoisotopic (exact) mass is 561 g/mol. The third-order valence-corrected chi connectivity index (χ3v) is 5.72. The highest BCUT2D eigenvalue weighted by Crippen LogP contribution is 2.34. The molecule has 3 aromatic rings. The average Bonchev–Trinajstić information content (AvgIpc) is 2.68. The van der Waals surface area contributed by atoms with E-state index in [9.17, 15) is 14.7 Å². The van der Waals surface area contributed by atoms with Crippen molar-refractivity contribution in [2.45, 2.75) is 41.5 Å². The van der Waals surface area contributed by atoms with E-state index >= 15 is 0 Å². The van der Waals surface area contributed by atoms with Crippen LogP contribution in [0.15, 0.2) is 66.9 Å². The molecule has 8 heteroatoms. The van der Waals surface area contributed by atoms with Crippen LogP contribution in [0, 0.1) is 56.3 Å². The molecule has 0 aliphatic carbocycles. The van der Waals surface area contributed by atoms with Crippen molar-refractivity contribution in [2.75, 3.05) is 0 Å². The van der Waals surface area contributed by atoms with E-state index in [0.29, 0.717) is 17.1 Å². The number of hydrogen-bond acceptors (Lipinski definition) is 6. The lowest BCUT2D eigenvalue weighted by molar-refractivity contribution is 1.28. The number of nitroso groups, excluding NO2 is 3. The summed E-state index contributed by atoms with van der Waals surface area (Å²) in [6.45, 7) is 11.5. The third-order valence-electron chi connectivity index (χ3n) is 4.51. The zero-order valence-electron chi connectivity index (χ0n) is 18.9. The van der Waals surface area contributed by atoms with Gasteiger partial charge in [-0.15, -0.1) is 14.7 Å². The van der Waals surface area contributed by atoms with Gasteiger partial charge in [0, 0.05) is 8.95 Å². The van der Waals surface area contributed by atoms with Gasteiger partial charge in [0.15, 0.2) is 0 Å². The number of aryl methyl sites for hydroxylation is 6. The Kier molecular flexibility index (Phi) is 11.2. The summed E-state index contributed by atoms with van der Waals surface area (Å²) in [5.41, 5.74) is 7.61. The van der Waals surface area contributed by atoms with Crippen LogP contribution in [0.2, 0.25) is 0 Å². The van der Waals surface area contributed by atoms with Gasteiger partial charge in [0.05, 0.1) is 0 Å². The molecule has 0 heterocycles. The highest BCUT2D eigenvalue weighted by Gasteiger charge is 2.05. The molecule has 3 rings (SSSR count). The standard InChI is InChI=1S/C9H11NO.C8H9NO.C7H5Br2NO/c1-6-4-7(2)9(10-11)8(3)5-6;1-6-4-3-5-7(2)8(6)9-10;1-4-2-5(8)7(10-11)6(9)3-4/h4-5H,1-3H3;3-5H,1-2H3;2-3H,1H3. The smallest absolute Gasteiger partial charge is 0.136 e. The summed E-state index contributed by atoms with van der Waals surface area (Å²) in [4.78, 5) is 30.8. The molecule has 0 fully saturated rings. The van der Waals surface area contributed by atoms with Crippen molar-refractivity contribution in [3.63, 3.8) is 0 Å². The molecular weight excluding hydrogens is 538 g/mol. The molecule has 0 amide bonds. The number of benzene rings is 3. The fourth-order valence-corrected chi connectivity index (χ4v) is 4.61. The van der Waals surface area contributed by atoms with Crippen molar-refractivity contribution >= 4 is 48.9 Å². The van der Waals surface area contributed by atoms with Crippen LogP contribution in [-0.4, -0.2) is 0 Å². The minimum absolute atomic E-state index is 0.413. The van der Waals surface area contributed by atoms with Gasteiger partial charge < -0.3 is 0 Å². The molecule has 0 aromatic heterocycles. The summed E-state index contributed by atoms with van der Waals surface area (Å²) < 4.78 is 1.44. The highest BCUT2D eigenvalue weighted by molar-refractivity contribution is 9.11. The molecule has 0 N–H and O–H groups in total. The highest BCUT2D eigenvalue weighted by atomic mass is 79.9. The summed E-state index contributed by atoms with van der Waals surface area (Å²) >= 11 is 6.47. The summed E-state index contributed by atoms with van der Waals surface area (Å²) in [7, 11) is 0. The van der Waals surface area contributed by atoms with Crippen LogP contribution in [0.5, 0.6) is 0 Å². The first-order chi connectivity index (χ1) is 15.0. The van der Waals surface area contributed by atoms with Crippen LogP contribution in [0.3, 0.4) is 0 Å². The SMILES string of the molecule is Cc1cc(Br)c(N=O)c(Br)c1.Cc1cc(C)c(N=O)c(C)c1.Cc1cccc(C)c1N=O. The number of halogens is 2. The third kappa shape index (κ3) is 7.84. The van der Waals surface area contributed by atoms with Crippen molar-refractivity contribution in [1.82, 2.24) is 0 Å². The van der Waals surface area contributed by atoms with E-state index in [1.54, 1.807) is 0 Å². The van der Waals surface area contributed by atoms with Crippen LogP contribution in [-0.2, 0) is 0 Å². The number of nitrogens with zero attached hydrogens (tertiary/aromatic N) is 3. The van der Waals surface area contributed by atoms with Gasteiger partial charge in [-0.05, 0) is 129 Å². The Morgan fingerprint density at radius 3 is 1.22 bits per heavy atom. The topological polar surface area (TPSA) is 88.3 Å². The molecule has 0 spiro atoms. The zero-order valence-corrected chi connectivity index (χ0v) is 22.0. The lowest BCUT2D eigenvalue weighted by Crippen LogP contribution is -1.81. The molecular formula is C24H25Br2N3O3. The van der Waals surface area contributed by atoms with Crippen molar-refractivity contribution in [2.24, 2.45) is 15.5 Å². The number of rotatable bonds is 3. The van der Waals surface area contributed by atoms with Crippen LogP contribution < -0.4 is 0 Å². The maximum atomic E-state index is 10.3. The van der Waals surface area contributed by atoms with Crippen molar-refractivity contribution < 1.29 is 0 Å². The summed E-state index contributed by atoms with van der Waals surface area (Å²) in [5, 5.41) is 8.75. The van der Waals surface area contributed by atoms with Crippen molar-refractivity contribution in [1.29, 1.82) is 0 Å². The Balaban J connectivity index is 0.000000240. The molecule has 0 saturated carbocycles. The van der Waals surface area contributed by atoms with Gasteiger partial charge >= 0.3 is 0 Å². The van der Waals surface area contributed by atoms with Gasteiger partial charge in [0.1, 0.15) is 17.1 Å². The minimum Gasteiger partial charge on any atom is -0.145 e. The summed E-state index contributed by atoms with van der Waals surface area (Å²) in [6, 6.07) is 13.3. The maximum absolute atomic E-state index is 10.3. The first-order valence-corrected chi connectivity index (χ1v) is 11.2. The van der Waals surface area contributed by atoms with Crippen LogP contribution in [0.1, 0.15) is 33.4 Å². The number of hydrogen-bond donors (Lipinski definition) is 0. The second-order valence-corrected chi connectivity index (χ2v) is 9.05. The Morgan fingerprint density at radius 1 is 0.531 bits per heavy atom. The van der Waals surface area contributed by atoms with Crippen molar-refractivity contribution in [3.8, 4) is 0 Å². The second-order valence-electron chi connectivity index (χ2n) is 7.34. The molecule has 0 saturated heterocycles. The Hall–Kier alpha value is -2.58. The molecule has 0 aliphatic rings.